The van der Waals surface area contributed by atoms with Crippen molar-refractivity contribution in [2.75, 3.05) is 7.05 Å². The Kier molecular flexibility index (Phi) is 2.81. The highest BCUT2D eigenvalue weighted by Gasteiger charge is 2.31. The van der Waals surface area contributed by atoms with Crippen LogP contribution in [0.15, 0.2) is 16.5 Å². The van der Waals surface area contributed by atoms with Crippen molar-refractivity contribution in [3.8, 4) is 0 Å². The summed E-state index contributed by atoms with van der Waals surface area (Å²) in [6, 6.07) is 3.63. The van der Waals surface area contributed by atoms with Gasteiger partial charge in [-0.25, -0.2) is 0 Å². The second-order valence-corrected chi connectivity index (χ2v) is 5.35. The summed E-state index contributed by atoms with van der Waals surface area (Å²) < 4.78 is 5.87. The van der Waals surface area contributed by atoms with Crippen molar-refractivity contribution >= 4 is 34.2 Å². The van der Waals surface area contributed by atoms with Crippen LogP contribution < -0.4 is 5.32 Å². The minimum atomic E-state index is 0.610. The molecule has 0 unspecified atom stereocenters. The Bertz CT molecular complexity index is 572. The Morgan fingerprint density at radius 1 is 1.35 bits per heavy atom. The Hall–Kier alpha value is -0.700. The van der Waals surface area contributed by atoms with E-state index in [0.717, 1.165) is 23.3 Å². The van der Waals surface area contributed by atoms with Gasteiger partial charge >= 0.3 is 0 Å². The fourth-order valence-corrected chi connectivity index (χ4v) is 2.89. The molecule has 2 aromatic rings. The van der Waals surface area contributed by atoms with Crippen molar-refractivity contribution < 1.29 is 4.42 Å². The molecule has 1 aliphatic rings. The zero-order valence-corrected chi connectivity index (χ0v) is 11.0. The average molecular weight is 270 g/mol. The van der Waals surface area contributed by atoms with E-state index in [4.69, 9.17) is 27.6 Å². The number of furan rings is 1. The molecule has 0 spiro atoms. The highest BCUT2D eigenvalue weighted by Crippen LogP contribution is 2.48. The van der Waals surface area contributed by atoms with Crippen molar-refractivity contribution in [2.45, 2.75) is 25.3 Å². The molecule has 4 heteroatoms. The van der Waals surface area contributed by atoms with E-state index >= 15 is 0 Å². The van der Waals surface area contributed by atoms with Crippen LogP contribution in [-0.4, -0.2) is 7.05 Å². The highest BCUT2D eigenvalue weighted by atomic mass is 35.5. The number of rotatable bonds is 3. The van der Waals surface area contributed by atoms with Crippen LogP contribution in [0, 0.1) is 0 Å². The largest absolute Gasteiger partial charge is 0.459 e. The third-order valence-electron chi connectivity index (χ3n) is 3.14. The first-order chi connectivity index (χ1) is 8.20. The van der Waals surface area contributed by atoms with Crippen LogP contribution >= 0.6 is 23.2 Å². The Morgan fingerprint density at radius 3 is 2.76 bits per heavy atom. The summed E-state index contributed by atoms with van der Waals surface area (Å²) in [5.41, 5.74) is 2.07. The molecule has 1 fully saturated rings. The third-order valence-corrected chi connectivity index (χ3v) is 3.66. The molecule has 0 saturated heterocycles. The zero-order valence-electron chi connectivity index (χ0n) is 9.52. The van der Waals surface area contributed by atoms with Gasteiger partial charge in [0.15, 0.2) is 0 Å². The predicted octanol–water partition coefficient (Wildman–Crippen LogP) is 4.34. The van der Waals surface area contributed by atoms with Crippen molar-refractivity contribution in [2.24, 2.45) is 0 Å². The quantitative estimate of drug-likeness (QED) is 0.897. The molecule has 0 amide bonds. The van der Waals surface area contributed by atoms with Gasteiger partial charge in [-0.1, -0.05) is 23.2 Å². The topological polar surface area (TPSA) is 25.2 Å². The maximum absolute atomic E-state index is 6.29. The van der Waals surface area contributed by atoms with E-state index in [2.05, 4.69) is 5.32 Å². The number of fused-ring (bicyclic) bond motifs is 1. The lowest BCUT2D eigenvalue weighted by molar-refractivity contribution is 0.524. The Labute approximate surface area is 110 Å². The van der Waals surface area contributed by atoms with E-state index in [9.17, 15) is 0 Å². The lowest BCUT2D eigenvalue weighted by Crippen LogP contribution is -2.05. The molecule has 1 saturated carbocycles. The van der Waals surface area contributed by atoms with E-state index in [1.54, 1.807) is 6.07 Å². The second-order valence-electron chi connectivity index (χ2n) is 4.50. The summed E-state index contributed by atoms with van der Waals surface area (Å²) in [6.45, 7) is 0.731. The number of nitrogens with one attached hydrogen (secondary N) is 1. The number of benzene rings is 1. The Morgan fingerprint density at radius 2 is 2.12 bits per heavy atom. The van der Waals surface area contributed by atoms with Gasteiger partial charge < -0.3 is 9.73 Å². The van der Waals surface area contributed by atoms with Crippen LogP contribution in [0.2, 0.25) is 10.0 Å². The van der Waals surface area contributed by atoms with Crippen LogP contribution in [0.3, 0.4) is 0 Å². The number of hydrogen-bond donors (Lipinski definition) is 1. The van der Waals surface area contributed by atoms with Crippen LogP contribution in [-0.2, 0) is 6.54 Å². The van der Waals surface area contributed by atoms with Gasteiger partial charge in [0.25, 0.3) is 0 Å². The van der Waals surface area contributed by atoms with Crippen LogP contribution in [0.4, 0.5) is 0 Å². The van der Waals surface area contributed by atoms with Crippen molar-refractivity contribution in [3.05, 3.63) is 33.5 Å². The number of hydrogen-bond acceptors (Lipinski definition) is 2. The summed E-state index contributed by atoms with van der Waals surface area (Å²) in [5, 5.41) is 5.49. The van der Waals surface area contributed by atoms with Gasteiger partial charge in [0.1, 0.15) is 11.3 Å². The molecule has 0 bridgehead atoms. The normalized spacial score (nSPS) is 15.7. The zero-order chi connectivity index (χ0) is 12.0. The molecule has 0 atom stereocenters. The molecule has 90 valence electrons. The van der Waals surface area contributed by atoms with Crippen molar-refractivity contribution in [1.29, 1.82) is 0 Å². The van der Waals surface area contributed by atoms with E-state index in [-0.39, 0.29) is 0 Å². The lowest BCUT2D eigenvalue weighted by atomic mass is 10.1. The van der Waals surface area contributed by atoms with Crippen LogP contribution in [0.25, 0.3) is 11.0 Å². The standard InChI is InChI=1S/C13H13Cl2NO/c1-16-6-11-12(7-2-3-7)13-9(15)4-8(14)5-10(13)17-11/h4-5,7,16H,2-3,6H2,1H3. The third kappa shape index (κ3) is 1.95. The smallest absolute Gasteiger partial charge is 0.137 e. The fourth-order valence-electron chi connectivity index (χ4n) is 2.31. The van der Waals surface area contributed by atoms with Gasteiger partial charge in [-0.2, -0.15) is 0 Å². The first-order valence-electron chi connectivity index (χ1n) is 5.75. The van der Waals surface area contributed by atoms with E-state index < -0.39 is 0 Å². The van der Waals surface area contributed by atoms with Gasteiger partial charge in [0.05, 0.1) is 11.6 Å². The second kappa shape index (κ2) is 4.20. The molecule has 1 N–H and O–H groups in total. The molecule has 0 radical (unpaired) electrons. The highest BCUT2D eigenvalue weighted by molar-refractivity contribution is 6.38. The predicted molar refractivity (Wildman–Crippen MR) is 71.0 cm³/mol. The monoisotopic (exact) mass is 269 g/mol. The van der Waals surface area contributed by atoms with Crippen molar-refractivity contribution in [1.82, 2.24) is 5.32 Å². The fraction of sp³-hybridized carbons (Fsp3) is 0.385. The van der Waals surface area contributed by atoms with E-state index in [1.165, 1.54) is 18.4 Å². The van der Waals surface area contributed by atoms with Crippen LogP contribution in [0.5, 0.6) is 0 Å². The molecule has 1 aliphatic carbocycles. The molecule has 1 aromatic heterocycles. The van der Waals surface area contributed by atoms with Gasteiger partial charge in [-0.05, 0) is 31.9 Å². The van der Waals surface area contributed by atoms with Crippen molar-refractivity contribution in [3.63, 3.8) is 0 Å². The first-order valence-corrected chi connectivity index (χ1v) is 6.51. The molecule has 3 rings (SSSR count). The maximum atomic E-state index is 6.29. The van der Waals surface area contributed by atoms with Gasteiger partial charge in [0, 0.05) is 22.0 Å². The van der Waals surface area contributed by atoms with Crippen LogP contribution in [0.1, 0.15) is 30.1 Å². The maximum Gasteiger partial charge on any atom is 0.137 e. The Balaban J connectivity index is 2.27. The van der Waals surface area contributed by atoms with E-state index in [0.29, 0.717) is 16.0 Å². The molecule has 1 aromatic carbocycles. The lowest BCUT2D eigenvalue weighted by Gasteiger charge is -2.01. The summed E-state index contributed by atoms with van der Waals surface area (Å²) in [4.78, 5) is 0. The molecule has 2 nitrogen and oxygen atoms in total. The summed E-state index contributed by atoms with van der Waals surface area (Å²) in [7, 11) is 1.92. The molecule has 0 aliphatic heterocycles. The summed E-state index contributed by atoms with van der Waals surface area (Å²) >= 11 is 12.3. The van der Waals surface area contributed by atoms with E-state index in [1.807, 2.05) is 13.1 Å². The summed E-state index contributed by atoms with van der Waals surface area (Å²) in [5.74, 6) is 1.60. The van der Waals surface area contributed by atoms with Gasteiger partial charge in [0.2, 0.25) is 0 Å². The summed E-state index contributed by atoms with van der Waals surface area (Å²) in [6.07, 6.45) is 2.45. The molecular weight excluding hydrogens is 257 g/mol. The number of halogens is 2. The first kappa shape index (κ1) is 11.4. The molecule has 17 heavy (non-hydrogen) atoms. The minimum absolute atomic E-state index is 0.610. The average Bonchev–Trinajstić information content (AvgIpc) is 3.02. The SMILES string of the molecule is CNCc1oc2cc(Cl)cc(Cl)c2c1C1CC1. The van der Waals surface area contributed by atoms with Gasteiger partial charge in [-0.15, -0.1) is 0 Å². The molecule has 1 heterocycles. The molecular formula is C13H13Cl2NO. The minimum Gasteiger partial charge on any atom is -0.459 e. The van der Waals surface area contributed by atoms with Gasteiger partial charge in [-0.3, -0.25) is 0 Å².